The van der Waals surface area contributed by atoms with E-state index in [4.69, 9.17) is 21.7 Å². The van der Waals surface area contributed by atoms with E-state index in [2.05, 4.69) is 10.6 Å². The Labute approximate surface area is 206 Å². The number of hydrogen-bond acceptors (Lipinski definition) is 8. The van der Waals surface area contributed by atoms with Crippen LogP contribution in [0.2, 0.25) is 0 Å². The summed E-state index contributed by atoms with van der Waals surface area (Å²) >= 11 is 0. The van der Waals surface area contributed by atoms with Crippen LogP contribution in [0.25, 0.3) is 0 Å². The fourth-order valence-electron chi connectivity index (χ4n) is 3.07. The molecule has 0 saturated heterocycles. The van der Waals surface area contributed by atoms with Crippen molar-refractivity contribution < 1.29 is 44.1 Å². The van der Waals surface area contributed by atoms with E-state index in [9.17, 15) is 33.9 Å². The highest BCUT2D eigenvalue weighted by atomic mass is 16.4. The van der Waals surface area contributed by atoms with Gasteiger partial charge in [-0.2, -0.15) is 0 Å². The zero-order chi connectivity index (χ0) is 27.4. The molecule has 1 rings (SSSR count). The summed E-state index contributed by atoms with van der Waals surface area (Å²) in [4.78, 5) is 71.7. The molecule has 36 heavy (non-hydrogen) atoms. The molecular weight excluding hydrogens is 478 g/mol. The molecule has 1 aromatic rings. The molecule has 14 nitrogen and oxygen atoms in total. The smallest absolute Gasteiger partial charge is 0.328 e. The van der Waals surface area contributed by atoms with Crippen molar-refractivity contribution in [2.75, 3.05) is 0 Å². The van der Waals surface area contributed by atoms with E-state index < -0.39 is 72.3 Å². The summed E-state index contributed by atoms with van der Waals surface area (Å²) < 4.78 is 0. The second-order valence-electron chi connectivity index (χ2n) is 8.09. The van der Waals surface area contributed by atoms with E-state index in [1.54, 1.807) is 30.3 Å². The number of aliphatic hydroxyl groups is 1. The summed E-state index contributed by atoms with van der Waals surface area (Å²) in [5, 5.41) is 34.3. The number of nitrogens with two attached hydrogens (primary N) is 2. The summed E-state index contributed by atoms with van der Waals surface area (Å²) in [5.41, 5.74) is 11.5. The maximum absolute atomic E-state index is 13.1. The number of primary amides is 1. The van der Waals surface area contributed by atoms with E-state index >= 15 is 0 Å². The maximum Gasteiger partial charge on any atom is 0.328 e. The van der Waals surface area contributed by atoms with Crippen LogP contribution in [-0.2, 0) is 35.2 Å². The van der Waals surface area contributed by atoms with E-state index in [0.29, 0.717) is 5.56 Å². The van der Waals surface area contributed by atoms with Gasteiger partial charge in [-0.25, -0.2) is 4.79 Å². The molecule has 0 heterocycles. The molecule has 10 N–H and O–H groups in total. The highest BCUT2D eigenvalue weighted by Crippen LogP contribution is 2.06. The average molecular weight is 510 g/mol. The van der Waals surface area contributed by atoms with E-state index in [1.807, 2.05) is 5.32 Å². The van der Waals surface area contributed by atoms with Gasteiger partial charge in [-0.15, -0.1) is 0 Å². The van der Waals surface area contributed by atoms with Gasteiger partial charge in [0.25, 0.3) is 0 Å². The number of carboxylic acids is 2. The van der Waals surface area contributed by atoms with Gasteiger partial charge in [-0.1, -0.05) is 30.3 Å². The van der Waals surface area contributed by atoms with Gasteiger partial charge in [0.1, 0.15) is 12.1 Å². The summed E-state index contributed by atoms with van der Waals surface area (Å²) in [5.74, 6) is -6.52. The van der Waals surface area contributed by atoms with Crippen molar-refractivity contribution in [3.63, 3.8) is 0 Å². The minimum absolute atomic E-state index is 0.0552. The van der Waals surface area contributed by atoms with Crippen molar-refractivity contribution in [3.8, 4) is 0 Å². The highest BCUT2D eigenvalue weighted by molar-refractivity contribution is 5.96. The van der Waals surface area contributed by atoms with Crippen molar-refractivity contribution in [1.29, 1.82) is 0 Å². The molecule has 0 aliphatic rings. The Kier molecular flexibility index (Phi) is 12.0. The Hall–Kier alpha value is -4.04. The quantitative estimate of drug-likeness (QED) is 0.121. The van der Waals surface area contributed by atoms with Crippen LogP contribution in [0.3, 0.4) is 0 Å². The predicted molar refractivity (Wildman–Crippen MR) is 124 cm³/mol. The summed E-state index contributed by atoms with van der Waals surface area (Å²) in [7, 11) is 0. The minimum atomic E-state index is -1.73. The number of carboxylic acid groups (broad SMARTS) is 2. The number of benzene rings is 1. The van der Waals surface area contributed by atoms with Crippen molar-refractivity contribution in [2.24, 2.45) is 11.5 Å². The molecule has 198 valence electrons. The van der Waals surface area contributed by atoms with Crippen LogP contribution in [0, 0.1) is 0 Å². The first-order chi connectivity index (χ1) is 16.8. The lowest BCUT2D eigenvalue weighted by atomic mass is 10.0. The van der Waals surface area contributed by atoms with Crippen molar-refractivity contribution in [1.82, 2.24) is 16.0 Å². The third-order valence-corrected chi connectivity index (χ3v) is 5.01. The lowest BCUT2D eigenvalue weighted by Gasteiger charge is -2.25. The van der Waals surface area contributed by atoms with Crippen LogP contribution in [0.15, 0.2) is 30.3 Å². The summed E-state index contributed by atoms with van der Waals surface area (Å²) in [6.07, 6.45) is -2.81. The molecule has 0 aliphatic carbocycles. The molecule has 4 amide bonds. The molecule has 0 radical (unpaired) electrons. The number of amides is 4. The van der Waals surface area contributed by atoms with E-state index in [0.717, 1.165) is 6.92 Å². The second kappa shape index (κ2) is 14.4. The van der Waals surface area contributed by atoms with Crippen LogP contribution in [0.4, 0.5) is 0 Å². The predicted octanol–water partition coefficient (Wildman–Crippen LogP) is -2.78. The molecular formula is C22H31N5O9. The van der Waals surface area contributed by atoms with Gasteiger partial charge in [-0.05, 0) is 18.9 Å². The molecule has 5 atom stereocenters. The largest absolute Gasteiger partial charge is 0.481 e. The summed E-state index contributed by atoms with van der Waals surface area (Å²) in [6.45, 7) is 1.12. The zero-order valence-corrected chi connectivity index (χ0v) is 19.5. The molecule has 0 aliphatic heterocycles. The van der Waals surface area contributed by atoms with Crippen LogP contribution in [0.1, 0.15) is 31.7 Å². The van der Waals surface area contributed by atoms with Crippen LogP contribution < -0.4 is 27.4 Å². The van der Waals surface area contributed by atoms with Crippen molar-refractivity contribution >= 4 is 35.6 Å². The number of rotatable bonds is 15. The fourth-order valence-corrected chi connectivity index (χ4v) is 3.07. The first-order valence-corrected chi connectivity index (χ1v) is 10.9. The number of aliphatic carboxylic acids is 2. The van der Waals surface area contributed by atoms with Crippen LogP contribution in [0.5, 0.6) is 0 Å². The number of hydrogen-bond donors (Lipinski definition) is 8. The van der Waals surface area contributed by atoms with Gasteiger partial charge in [0.15, 0.2) is 6.04 Å². The van der Waals surface area contributed by atoms with E-state index in [1.165, 1.54) is 0 Å². The van der Waals surface area contributed by atoms with Gasteiger partial charge in [0.2, 0.25) is 23.6 Å². The first kappa shape index (κ1) is 30.0. The number of aliphatic hydroxyl groups excluding tert-OH is 1. The van der Waals surface area contributed by atoms with Gasteiger partial charge < -0.3 is 42.7 Å². The summed E-state index contributed by atoms with van der Waals surface area (Å²) in [6, 6.07) is 2.57. The highest BCUT2D eigenvalue weighted by Gasteiger charge is 2.32. The molecule has 0 bridgehead atoms. The Bertz CT molecular complexity index is 954. The standard InChI is InChI=1S/C22H31N5O9/c1-11(28)18(22(35)36)27-21(34)15(10-16(24)29)26-20(33)14(9-12-5-3-2-4-6-12)25-19(32)13(23)7-8-17(30)31/h2-6,11,13-15,18,28H,7-10,23H2,1H3,(H2,24,29)(H,25,32)(H,26,33)(H,27,34)(H,30,31)(H,35,36). The van der Waals surface area contributed by atoms with E-state index in [-0.39, 0.29) is 19.3 Å². The lowest BCUT2D eigenvalue weighted by molar-refractivity contribution is -0.145. The number of carbonyl (C=O) groups is 6. The van der Waals surface area contributed by atoms with Gasteiger partial charge >= 0.3 is 11.9 Å². The number of carbonyl (C=O) groups excluding carboxylic acids is 4. The van der Waals surface area contributed by atoms with Crippen LogP contribution >= 0.6 is 0 Å². The number of nitrogens with one attached hydrogen (secondary N) is 3. The normalized spacial score (nSPS) is 14.9. The van der Waals surface area contributed by atoms with Gasteiger partial charge in [0, 0.05) is 12.8 Å². The zero-order valence-electron chi connectivity index (χ0n) is 19.5. The SMILES string of the molecule is CC(O)C(NC(=O)C(CC(N)=O)NC(=O)C(Cc1ccccc1)NC(=O)C(N)CCC(=O)O)C(=O)O. The Morgan fingerprint density at radius 1 is 0.889 bits per heavy atom. The molecule has 5 unspecified atom stereocenters. The molecule has 0 fully saturated rings. The second-order valence-corrected chi connectivity index (χ2v) is 8.09. The molecule has 1 aromatic carbocycles. The van der Waals surface area contributed by atoms with Crippen molar-refractivity contribution in [3.05, 3.63) is 35.9 Å². The first-order valence-electron chi connectivity index (χ1n) is 10.9. The molecule has 14 heteroatoms. The third-order valence-electron chi connectivity index (χ3n) is 5.01. The maximum atomic E-state index is 13.1. The molecule has 0 aromatic heterocycles. The monoisotopic (exact) mass is 509 g/mol. The molecule has 0 spiro atoms. The Morgan fingerprint density at radius 3 is 1.94 bits per heavy atom. The fraction of sp³-hybridized carbons (Fsp3) is 0.455. The third kappa shape index (κ3) is 10.5. The topological polar surface area (TPSA) is 251 Å². The van der Waals surface area contributed by atoms with Gasteiger partial charge in [-0.3, -0.25) is 24.0 Å². The van der Waals surface area contributed by atoms with Crippen LogP contribution in [-0.4, -0.2) is 81.2 Å². The Balaban J connectivity index is 3.10. The lowest BCUT2D eigenvalue weighted by Crippen LogP contribution is -2.59. The van der Waals surface area contributed by atoms with Gasteiger partial charge in [0.05, 0.1) is 18.6 Å². The molecule has 0 saturated carbocycles. The van der Waals surface area contributed by atoms with Crippen molar-refractivity contribution in [2.45, 2.75) is 62.9 Å². The minimum Gasteiger partial charge on any atom is -0.481 e. The average Bonchev–Trinajstić information content (AvgIpc) is 2.79. The Morgan fingerprint density at radius 2 is 1.44 bits per heavy atom.